The minimum Gasteiger partial charge on any atom is -0.480 e. The van der Waals surface area contributed by atoms with Crippen molar-refractivity contribution in [3.05, 3.63) is 0 Å². The van der Waals surface area contributed by atoms with Gasteiger partial charge in [0.25, 0.3) is 0 Å². The Morgan fingerprint density at radius 2 is 1.85 bits per heavy atom. The van der Waals surface area contributed by atoms with Crippen molar-refractivity contribution in [1.82, 2.24) is 5.32 Å². The number of rotatable bonds is 8. The first-order valence-electron chi connectivity index (χ1n) is 7.75. The number of amides is 1. The van der Waals surface area contributed by atoms with E-state index in [2.05, 4.69) is 5.32 Å². The van der Waals surface area contributed by atoms with Gasteiger partial charge in [0.2, 0.25) is 5.91 Å². The second-order valence-corrected chi connectivity index (χ2v) is 6.09. The van der Waals surface area contributed by atoms with Gasteiger partial charge in [-0.25, -0.2) is 4.79 Å². The van der Waals surface area contributed by atoms with Crippen LogP contribution in [0.3, 0.4) is 0 Å². The van der Waals surface area contributed by atoms with Gasteiger partial charge in [-0.3, -0.25) is 4.79 Å². The quantitative estimate of drug-likeness (QED) is 0.714. The molecule has 0 aromatic rings. The maximum atomic E-state index is 11.8. The van der Waals surface area contributed by atoms with Crippen LogP contribution in [0.15, 0.2) is 0 Å². The fraction of sp³-hybridized carbons (Fsp3) is 0.867. The van der Waals surface area contributed by atoms with Gasteiger partial charge in [0.05, 0.1) is 0 Å². The minimum absolute atomic E-state index is 0.120. The average Bonchev–Trinajstić information content (AvgIpc) is 3.23. The van der Waals surface area contributed by atoms with Crippen LogP contribution in [0.5, 0.6) is 0 Å². The third-order valence-corrected chi connectivity index (χ3v) is 4.26. The molecule has 1 aliphatic heterocycles. The lowest BCUT2D eigenvalue weighted by Crippen LogP contribution is -2.41. The van der Waals surface area contributed by atoms with Gasteiger partial charge in [-0.05, 0) is 43.9 Å². The summed E-state index contributed by atoms with van der Waals surface area (Å²) in [5.74, 6) is 0.136. The highest BCUT2D eigenvalue weighted by atomic mass is 16.5. The highest BCUT2D eigenvalue weighted by Crippen LogP contribution is 2.33. The lowest BCUT2D eigenvalue weighted by Gasteiger charge is -2.21. The molecule has 1 saturated heterocycles. The summed E-state index contributed by atoms with van der Waals surface area (Å²) in [6.45, 7) is 1.67. The molecule has 20 heavy (non-hydrogen) atoms. The van der Waals surface area contributed by atoms with Crippen molar-refractivity contribution in [3.63, 3.8) is 0 Å². The van der Waals surface area contributed by atoms with Crippen molar-refractivity contribution in [3.8, 4) is 0 Å². The predicted molar refractivity (Wildman–Crippen MR) is 74.3 cm³/mol. The van der Waals surface area contributed by atoms with E-state index >= 15 is 0 Å². The maximum absolute atomic E-state index is 11.8. The van der Waals surface area contributed by atoms with Crippen LogP contribution in [0.4, 0.5) is 0 Å². The summed E-state index contributed by atoms with van der Waals surface area (Å²) >= 11 is 0. The molecule has 0 aromatic carbocycles. The van der Waals surface area contributed by atoms with Crippen molar-refractivity contribution in [1.29, 1.82) is 0 Å². The Labute approximate surface area is 120 Å². The zero-order valence-corrected chi connectivity index (χ0v) is 12.0. The van der Waals surface area contributed by atoms with Crippen LogP contribution in [0.1, 0.15) is 51.4 Å². The van der Waals surface area contributed by atoms with E-state index in [0.29, 0.717) is 24.7 Å². The Kier molecular flexibility index (Phi) is 5.83. The number of aliphatic carboxylic acids is 1. The molecule has 1 saturated carbocycles. The largest absolute Gasteiger partial charge is 0.480 e. The van der Waals surface area contributed by atoms with E-state index < -0.39 is 12.0 Å². The van der Waals surface area contributed by atoms with Gasteiger partial charge < -0.3 is 15.2 Å². The Morgan fingerprint density at radius 1 is 1.15 bits per heavy atom. The highest BCUT2D eigenvalue weighted by Gasteiger charge is 2.30. The minimum atomic E-state index is -0.908. The van der Waals surface area contributed by atoms with Crippen LogP contribution in [0.2, 0.25) is 0 Å². The third kappa shape index (κ3) is 5.49. The molecule has 0 bridgehead atoms. The van der Waals surface area contributed by atoms with Crippen LogP contribution in [-0.4, -0.2) is 36.2 Å². The van der Waals surface area contributed by atoms with E-state index in [0.717, 1.165) is 51.7 Å². The molecule has 1 aliphatic carbocycles. The predicted octanol–water partition coefficient (Wildman–Crippen LogP) is 1.95. The van der Waals surface area contributed by atoms with E-state index in [9.17, 15) is 9.59 Å². The lowest BCUT2D eigenvalue weighted by atomic mass is 9.94. The molecule has 0 radical (unpaired) electrons. The zero-order chi connectivity index (χ0) is 14.4. The second-order valence-electron chi connectivity index (χ2n) is 6.09. The van der Waals surface area contributed by atoms with E-state index in [1.807, 2.05) is 0 Å². The van der Waals surface area contributed by atoms with E-state index in [-0.39, 0.29) is 5.91 Å². The van der Waals surface area contributed by atoms with Crippen LogP contribution >= 0.6 is 0 Å². The number of carboxylic acids is 1. The van der Waals surface area contributed by atoms with Gasteiger partial charge in [-0.1, -0.05) is 12.8 Å². The first-order valence-corrected chi connectivity index (χ1v) is 7.75. The topological polar surface area (TPSA) is 75.6 Å². The maximum Gasteiger partial charge on any atom is 0.326 e. The molecule has 1 unspecified atom stereocenters. The molecule has 0 spiro atoms. The fourth-order valence-corrected chi connectivity index (χ4v) is 2.76. The SMILES string of the molecule is O=C(CCCC1CCOCC1)NC(CC1CC1)C(=O)O. The number of carbonyl (C=O) groups is 2. The van der Waals surface area contributed by atoms with Crippen molar-refractivity contribution < 1.29 is 19.4 Å². The molecular formula is C15H25NO4. The van der Waals surface area contributed by atoms with Crippen molar-refractivity contribution in [2.45, 2.75) is 57.4 Å². The van der Waals surface area contributed by atoms with Crippen LogP contribution in [0, 0.1) is 11.8 Å². The standard InChI is InChI=1S/C15H25NO4/c17-14(3-1-2-11-6-8-20-9-7-11)16-13(15(18)19)10-12-4-5-12/h11-13H,1-10H2,(H,16,17)(H,18,19). The van der Waals surface area contributed by atoms with E-state index in [1.165, 1.54) is 0 Å². The van der Waals surface area contributed by atoms with Crippen LogP contribution < -0.4 is 5.32 Å². The van der Waals surface area contributed by atoms with Crippen molar-refractivity contribution in [2.75, 3.05) is 13.2 Å². The zero-order valence-electron chi connectivity index (χ0n) is 12.0. The smallest absolute Gasteiger partial charge is 0.326 e. The normalized spacial score (nSPS) is 21.4. The van der Waals surface area contributed by atoms with Crippen LogP contribution in [0.25, 0.3) is 0 Å². The van der Waals surface area contributed by atoms with Crippen LogP contribution in [-0.2, 0) is 14.3 Å². The summed E-state index contributed by atoms with van der Waals surface area (Å²) in [5, 5.41) is 11.8. The summed E-state index contributed by atoms with van der Waals surface area (Å²) in [4.78, 5) is 22.9. The average molecular weight is 283 g/mol. The molecule has 5 nitrogen and oxygen atoms in total. The van der Waals surface area contributed by atoms with Crippen molar-refractivity contribution in [2.24, 2.45) is 11.8 Å². The first kappa shape index (κ1) is 15.3. The van der Waals surface area contributed by atoms with Gasteiger partial charge in [0.15, 0.2) is 0 Å². The summed E-state index contributed by atoms with van der Waals surface area (Å²) in [7, 11) is 0. The Morgan fingerprint density at radius 3 is 2.45 bits per heavy atom. The second kappa shape index (κ2) is 7.62. The van der Waals surface area contributed by atoms with E-state index in [4.69, 9.17) is 9.84 Å². The summed E-state index contributed by atoms with van der Waals surface area (Å²) < 4.78 is 5.30. The molecule has 2 N–H and O–H groups in total. The molecule has 5 heteroatoms. The summed E-state index contributed by atoms with van der Waals surface area (Å²) in [6.07, 6.45) is 7.27. The van der Waals surface area contributed by atoms with Gasteiger partial charge in [0.1, 0.15) is 6.04 Å². The fourth-order valence-electron chi connectivity index (χ4n) is 2.76. The Balaban J connectivity index is 1.61. The summed E-state index contributed by atoms with van der Waals surface area (Å²) in [5.41, 5.74) is 0. The molecule has 114 valence electrons. The molecule has 1 atom stereocenters. The number of carbonyl (C=O) groups excluding carboxylic acids is 1. The third-order valence-electron chi connectivity index (χ3n) is 4.26. The van der Waals surface area contributed by atoms with E-state index in [1.54, 1.807) is 0 Å². The van der Waals surface area contributed by atoms with Gasteiger partial charge in [-0.15, -0.1) is 0 Å². The molecule has 0 aromatic heterocycles. The van der Waals surface area contributed by atoms with Gasteiger partial charge >= 0.3 is 5.97 Å². The Hall–Kier alpha value is -1.10. The molecule has 1 amide bonds. The molecular weight excluding hydrogens is 258 g/mol. The molecule has 2 rings (SSSR count). The molecule has 2 fully saturated rings. The number of carboxylic acid groups (broad SMARTS) is 1. The highest BCUT2D eigenvalue weighted by molar-refractivity contribution is 5.83. The Bertz CT molecular complexity index is 335. The number of ether oxygens (including phenoxy) is 1. The first-order chi connectivity index (χ1) is 9.65. The number of hydrogen-bond acceptors (Lipinski definition) is 3. The number of hydrogen-bond donors (Lipinski definition) is 2. The molecule has 1 heterocycles. The number of nitrogens with one attached hydrogen (secondary N) is 1. The van der Waals surface area contributed by atoms with Gasteiger partial charge in [0, 0.05) is 19.6 Å². The van der Waals surface area contributed by atoms with Crippen molar-refractivity contribution >= 4 is 11.9 Å². The summed E-state index contributed by atoms with van der Waals surface area (Å²) in [6, 6.07) is -0.696. The molecule has 2 aliphatic rings. The van der Waals surface area contributed by atoms with Gasteiger partial charge in [-0.2, -0.15) is 0 Å². The lowest BCUT2D eigenvalue weighted by molar-refractivity contribution is -0.142. The monoisotopic (exact) mass is 283 g/mol.